The topological polar surface area (TPSA) is 58.3 Å². The number of thiophene rings is 1. The van der Waals surface area contributed by atoms with Crippen molar-refractivity contribution in [2.75, 3.05) is 32.9 Å². The third kappa shape index (κ3) is 3.45. The number of nitrogens with zero attached hydrogens (tertiary/aromatic N) is 4. The van der Waals surface area contributed by atoms with Gasteiger partial charge in [-0.2, -0.15) is 0 Å². The lowest BCUT2D eigenvalue weighted by atomic mass is 10.2. The van der Waals surface area contributed by atoms with E-state index < -0.39 is 0 Å². The molecule has 2 N–H and O–H groups in total. The molecular weight excluding hydrogens is 270 g/mol. The van der Waals surface area contributed by atoms with Gasteiger partial charge < -0.3 is 10.6 Å². The first-order chi connectivity index (χ1) is 9.51. The first kappa shape index (κ1) is 15.2. The minimum Gasteiger partial charge on any atom is -0.383 e. The van der Waals surface area contributed by atoms with Crippen LogP contribution < -0.4 is 5.73 Å². The van der Waals surface area contributed by atoms with Crippen LogP contribution in [0.4, 0.5) is 5.82 Å². The van der Waals surface area contributed by atoms with Crippen molar-refractivity contribution in [3.8, 4) is 0 Å². The average Bonchev–Trinajstić information content (AvgIpc) is 2.83. The zero-order valence-electron chi connectivity index (χ0n) is 12.6. The van der Waals surface area contributed by atoms with E-state index in [2.05, 4.69) is 47.7 Å². The van der Waals surface area contributed by atoms with E-state index in [0.29, 0.717) is 11.9 Å². The summed E-state index contributed by atoms with van der Waals surface area (Å²) in [6.45, 7) is 7.13. The first-order valence-electron chi connectivity index (χ1n) is 6.89. The van der Waals surface area contributed by atoms with Crippen molar-refractivity contribution in [2.45, 2.75) is 26.4 Å². The standard InChI is InChI=1S/C14H23N5S/c1-5-19(10(2)8-18(3)4)9-12-16-13(15)11-6-7-20-14(11)17-12/h6-7,10H,5,8-9H2,1-4H3,(H2,15,16,17). The Morgan fingerprint density at radius 2 is 2.10 bits per heavy atom. The van der Waals surface area contributed by atoms with E-state index in [0.717, 1.165) is 35.7 Å². The number of anilines is 1. The van der Waals surface area contributed by atoms with Gasteiger partial charge >= 0.3 is 0 Å². The zero-order valence-corrected chi connectivity index (χ0v) is 13.4. The highest BCUT2D eigenvalue weighted by atomic mass is 32.1. The Hall–Kier alpha value is -1.24. The number of aromatic nitrogens is 2. The molecule has 2 rings (SSSR count). The third-order valence-corrected chi connectivity index (χ3v) is 4.21. The lowest BCUT2D eigenvalue weighted by Gasteiger charge is -2.29. The Morgan fingerprint density at radius 1 is 1.35 bits per heavy atom. The Balaban J connectivity index is 2.16. The number of hydrogen-bond acceptors (Lipinski definition) is 6. The van der Waals surface area contributed by atoms with Crippen LogP contribution in [-0.4, -0.2) is 53.0 Å². The molecule has 0 fully saturated rings. The molecule has 0 saturated carbocycles. The summed E-state index contributed by atoms with van der Waals surface area (Å²) in [6.07, 6.45) is 0. The van der Waals surface area contributed by atoms with Crippen LogP contribution >= 0.6 is 11.3 Å². The van der Waals surface area contributed by atoms with Gasteiger partial charge in [-0.25, -0.2) is 9.97 Å². The predicted octanol–water partition coefficient (Wildman–Crippen LogP) is 2.05. The van der Waals surface area contributed by atoms with Crippen molar-refractivity contribution in [2.24, 2.45) is 0 Å². The molecule has 6 heteroatoms. The van der Waals surface area contributed by atoms with E-state index in [1.807, 2.05) is 11.4 Å². The van der Waals surface area contributed by atoms with Gasteiger partial charge in [-0.3, -0.25) is 4.90 Å². The Bertz CT molecular complexity index is 566. The number of nitrogen functional groups attached to an aromatic ring is 1. The van der Waals surface area contributed by atoms with Gasteiger partial charge in [0.15, 0.2) is 0 Å². The summed E-state index contributed by atoms with van der Waals surface area (Å²) < 4.78 is 0. The van der Waals surface area contributed by atoms with Crippen LogP contribution in [0.25, 0.3) is 10.2 Å². The van der Waals surface area contributed by atoms with E-state index in [1.54, 1.807) is 11.3 Å². The normalized spacial score (nSPS) is 13.5. The minimum atomic E-state index is 0.457. The summed E-state index contributed by atoms with van der Waals surface area (Å²) in [6, 6.07) is 2.43. The molecular formula is C14H23N5S. The predicted molar refractivity (Wildman–Crippen MR) is 85.9 cm³/mol. The maximum absolute atomic E-state index is 6.00. The molecule has 0 aliphatic heterocycles. The molecule has 0 spiro atoms. The average molecular weight is 293 g/mol. The maximum Gasteiger partial charge on any atom is 0.146 e. The summed E-state index contributed by atoms with van der Waals surface area (Å²) in [5, 5.41) is 2.97. The molecule has 0 bridgehead atoms. The Labute approximate surface area is 124 Å². The highest BCUT2D eigenvalue weighted by Crippen LogP contribution is 2.23. The fourth-order valence-corrected chi connectivity index (χ4v) is 3.19. The zero-order chi connectivity index (χ0) is 14.7. The molecule has 20 heavy (non-hydrogen) atoms. The van der Waals surface area contributed by atoms with Crippen LogP contribution in [0.3, 0.4) is 0 Å². The molecule has 0 radical (unpaired) electrons. The van der Waals surface area contributed by atoms with Gasteiger partial charge in [0, 0.05) is 12.6 Å². The molecule has 1 atom stereocenters. The Kier molecular flexibility index (Phi) is 4.91. The molecule has 2 aromatic heterocycles. The van der Waals surface area contributed by atoms with Crippen LogP contribution in [-0.2, 0) is 6.54 Å². The SMILES string of the molecule is CCN(Cc1nc(N)c2ccsc2n1)C(C)CN(C)C. The second-order valence-corrected chi connectivity index (χ2v) is 6.23. The number of fused-ring (bicyclic) bond motifs is 1. The second-order valence-electron chi connectivity index (χ2n) is 5.34. The van der Waals surface area contributed by atoms with Crippen molar-refractivity contribution >= 4 is 27.4 Å². The van der Waals surface area contributed by atoms with E-state index in [9.17, 15) is 0 Å². The fraction of sp³-hybridized carbons (Fsp3) is 0.571. The number of rotatable bonds is 6. The highest BCUT2D eigenvalue weighted by molar-refractivity contribution is 7.16. The molecule has 1 unspecified atom stereocenters. The lowest BCUT2D eigenvalue weighted by molar-refractivity contribution is 0.171. The van der Waals surface area contributed by atoms with Crippen molar-refractivity contribution in [1.29, 1.82) is 0 Å². The van der Waals surface area contributed by atoms with Crippen LogP contribution in [0.5, 0.6) is 0 Å². The molecule has 110 valence electrons. The van der Waals surface area contributed by atoms with Crippen LogP contribution in [0.1, 0.15) is 19.7 Å². The van der Waals surface area contributed by atoms with E-state index in [1.165, 1.54) is 0 Å². The third-order valence-electron chi connectivity index (χ3n) is 3.40. The van der Waals surface area contributed by atoms with E-state index >= 15 is 0 Å². The summed E-state index contributed by atoms with van der Waals surface area (Å²) in [5.41, 5.74) is 6.00. The molecule has 0 aliphatic carbocycles. The number of hydrogen-bond donors (Lipinski definition) is 1. The van der Waals surface area contributed by atoms with Gasteiger partial charge in [-0.15, -0.1) is 11.3 Å². The second kappa shape index (κ2) is 6.47. The summed E-state index contributed by atoms with van der Waals surface area (Å²) in [7, 11) is 4.19. The molecule has 0 aromatic carbocycles. The van der Waals surface area contributed by atoms with Crippen LogP contribution in [0.2, 0.25) is 0 Å². The molecule has 5 nitrogen and oxygen atoms in total. The van der Waals surface area contributed by atoms with Gasteiger partial charge in [0.2, 0.25) is 0 Å². The molecule has 2 heterocycles. The summed E-state index contributed by atoms with van der Waals surface area (Å²) in [5.74, 6) is 1.40. The molecule has 0 saturated heterocycles. The minimum absolute atomic E-state index is 0.457. The van der Waals surface area contributed by atoms with Gasteiger partial charge in [-0.1, -0.05) is 6.92 Å². The van der Waals surface area contributed by atoms with Crippen LogP contribution in [0.15, 0.2) is 11.4 Å². The molecule has 2 aromatic rings. The molecule has 0 aliphatic rings. The lowest BCUT2D eigenvalue weighted by Crippen LogP contribution is -2.39. The fourth-order valence-electron chi connectivity index (χ4n) is 2.40. The Morgan fingerprint density at radius 3 is 2.75 bits per heavy atom. The maximum atomic E-state index is 6.00. The first-order valence-corrected chi connectivity index (χ1v) is 7.77. The summed E-state index contributed by atoms with van der Waals surface area (Å²) in [4.78, 5) is 14.6. The van der Waals surface area contributed by atoms with Gasteiger partial charge in [-0.05, 0) is 39.0 Å². The number of nitrogens with two attached hydrogens (primary N) is 1. The van der Waals surface area contributed by atoms with Gasteiger partial charge in [0.25, 0.3) is 0 Å². The van der Waals surface area contributed by atoms with E-state index in [-0.39, 0.29) is 0 Å². The largest absolute Gasteiger partial charge is 0.383 e. The van der Waals surface area contributed by atoms with E-state index in [4.69, 9.17) is 5.73 Å². The van der Waals surface area contributed by atoms with Crippen molar-refractivity contribution in [1.82, 2.24) is 19.8 Å². The summed E-state index contributed by atoms with van der Waals surface area (Å²) >= 11 is 1.61. The van der Waals surface area contributed by atoms with Crippen LogP contribution in [0, 0.1) is 0 Å². The quantitative estimate of drug-likeness (QED) is 0.883. The van der Waals surface area contributed by atoms with Crippen molar-refractivity contribution in [3.05, 3.63) is 17.3 Å². The van der Waals surface area contributed by atoms with Gasteiger partial charge in [0.05, 0.1) is 11.9 Å². The monoisotopic (exact) mass is 293 g/mol. The molecule has 0 amide bonds. The van der Waals surface area contributed by atoms with Gasteiger partial charge in [0.1, 0.15) is 16.5 Å². The highest BCUT2D eigenvalue weighted by Gasteiger charge is 2.16. The van der Waals surface area contributed by atoms with Crippen molar-refractivity contribution in [3.63, 3.8) is 0 Å². The number of likely N-dealkylation sites (N-methyl/N-ethyl adjacent to an activating group) is 2. The van der Waals surface area contributed by atoms with Crippen molar-refractivity contribution < 1.29 is 0 Å². The smallest absolute Gasteiger partial charge is 0.146 e.